The Kier molecular flexibility index (Phi) is 3.51. The number of H-pyrrole nitrogens is 1. The molecule has 0 saturated carbocycles. The van der Waals surface area contributed by atoms with E-state index in [2.05, 4.69) is 20.9 Å². The minimum atomic E-state index is -2.95. The number of nitrogens with zero attached hydrogens (tertiary/aromatic N) is 1. The van der Waals surface area contributed by atoms with Gasteiger partial charge in [-0.05, 0) is 4.92 Å². The van der Waals surface area contributed by atoms with E-state index in [0.717, 1.165) is 0 Å². The lowest BCUT2D eigenvalue weighted by atomic mass is 10.2. The lowest BCUT2D eigenvalue weighted by molar-refractivity contribution is -0.390. The molecule has 0 aromatic carbocycles. The van der Waals surface area contributed by atoms with Crippen LogP contribution in [0.3, 0.4) is 0 Å². The molecular weight excluding hydrogens is 278 g/mol. The number of hydrogen-bond donors (Lipinski definition) is 1. The van der Waals surface area contributed by atoms with E-state index in [9.17, 15) is 23.7 Å². The first-order valence-corrected chi connectivity index (χ1v) is 4.84. The second-order valence-electron chi connectivity index (χ2n) is 2.59. The molecular formula is C7H5BrF2N2O3. The number of nitrogens with one attached hydrogen (secondary N) is 1. The molecule has 1 heterocycles. The summed E-state index contributed by atoms with van der Waals surface area (Å²) < 4.78 is 24.5. The fourth-order valence-electron chi connectivity index (χ4n) is 1.03. The van der Waals surface area contributed by atoms with Crippen LogP contribution in [0.5, 0.6) is 0 Å². The third kappa shape index (κ3) is 2.20. The Morgan fingerprint density at radius 3 is 2.60 bits per heavy atom. The summed E-state index contributed by atoms with van der Waals surface area (Å²) in [5.41, 5.74) is -2.08. The monoisotopic (exact) mass is 282 g/mol. The van der Waals surface area contributed by atoms with Gasteiger partial charge in [-0.25, -0.2) is 13.8 Å². The van der Waals surface area contributed by atoms with Crippen LogP contribution in [0.25, 0.3) is 0 Å². The maximum absolute atomic E-state index is 12.3. The Morgan fingerprint density at radius 2 is 2.20 bits per heavy atom. The van der Waals surface area contributed by atoms with Crippen LogP contribution in [-0.2, 0) is 5.33 Å². The van der Waals surface area contributed by atoms with Crippen LogP contribution in [0, 0.1) is 10.1 Å². The molecule has 5 nitrogen and oxygen atoms in total. The van der Waals surface area contributed by atoms with Crippen LogP contribution in [0.1, 0.15) is 17.6 Å². The maximum Gasteiger partial charge on any atom is 0.328 e. The van der Waals surface area contributed by atoms with Crippen molar-refractivity contribution in [2.75, 3.05) is 0 Å². The van der Waals surface area contributed by atoms with Crippen molar-refractivity contribution >= 4 is 21.7 Å². The summed E-state index contributed by atoms with van der Waals surface area (Å²) in [5.74, 6) is -0.568. The molecule has 0 saturated heterocycles. The van der Waals surface area contributed by atoms with E-state index in [-0.39, 0.29) is 10.9 Å². The van der Waals surface area contributed by atoms with Gasteiger partial charge < -0.3 is 10.1 Å². The van der Waals surface area contributed by atoms with E-state index in [4.69, 9.17) is 0 Å². The largest absolute Gasteiger partial charge is 0.358 e. The van der Waals surface area contributed by atoms with Gasteiger partial charge in [-0.3, -0.25) is 4.79 Å². The van der Waals surface area contributed by atoms with Crippen molar-refractivity contribution in [3.8, 4) is 0 Å². The number of alkyl halides is 3. The van der Waals surface area contributed by atoms with E-state index in [1.54, 1.807) is 0 Å². The van der Waals surface area contributed by atoms with Crippen LogP contribution >= 0.6 is 15.9 Å². The summed E-state index contributed by atoms with van der Waals surface area (Å²) in [6.07, 6.45) is -2.29. The quantitative estimate of drug-likeness (QED) is 0.524. The predicted octanol–water partition coefficient (Wildman–Crippen LogP) is 2.12. The molecule has 0 spiro atoms. The Bertz CT molecular complexity index is 446. The van der Waals surface area contributed by atoms with Crippen molar-refractivity contribution in [1.82, 2.24) is 4.98 Å². The first kappa shape index (κ1) is 11.8. The average Bonchev–Trinajstić information content (AvgIpc) is 2.16. The van der Waals surface area contributed by atoms with Gasteiger partial charge in [-0.15, -0.1) is 0 Å². The van der Waals surface area contributed by atoms with E-state index in [1.807, 2.05) is 0 Å². The Hall–Kier alpha value is -1.31. The van der Waals surface area contributed by atoms with Crippen molar-refractivity contribution < 1.29 is 13.7 Å². The highest BCUT2D eigenvalue weighted by Crippen LogP contribution is 2.20. The number of pyridine rings is 1. The van der Waals surface area contributed by atoms with Crippen LogP contribution in [0.2, 0.25) is 0 Å². The first-order valence-electron chi connectivity index (χ1n) is 3.72. The minimum absolute atomic E-state index is 0.154. The van der Waals surface area contributed by atoms with Gasteiger partial charge in [-0.1, -0.05) is 15.9 Å². The van der Waals surface area contributed by atoms with Gasteiger partial charge >= 0.3 is 5.82 Å². The smallest absolute Gasteiger partial charge is 0.328 e. The highest BCUT2D eigenvalue weighted by molar-refractivity contribution is 9.08. The van der Waals surface area contributed by atoms with Gasteiger partial charge in [0.2, 0.25) is 5.43 Å². The molecule has 0 amide bonds. The highest BCUT2D eigenvalue weighted by atomic mass is 79.9. The summed E-state index contributed by atoms with van der Waals surface area (Å²) in [7, 11) is 0. The summed E-state index contributed by atoms with van der Waals surface area (Å²) in [6, 6.07) is 0. The molecule has 0 aliphatic rings. The molecule has 0 bridgehead atoms. The fraction of sp³-hybridized carbons (Fsp3) is 0.286. The van der Waals surface area contributed by atoms with Crippen molar-refractivity contribution in [1.29, 1.82) is 0 Å². The Labute approximate surface area is 90.4 Å². The standard InChI is InChI=1S/C7H5BrF2N2O3/c8-1-3-5(13)4(6(9)10)2-11-7(3)12(14)15/h2,6H,1H2,(H,11,13). The molecule has 0 fully saturated rings. The number of hydrogen-bond acceptors (Lipinski definition) is 3. The highest BCUT2D eigenvalue weighted by Gasteiger charge is 2.22. The van der Waals surface area contributed by atoms with Crippen LogP contribution in [-0.4, -0.2) is 9.91 Å². The second kappa shape index (κ2) is 4.47. The van der Waals surface area contributed by atoms with E-state index < -0.39 is 28.2 Å². The molecule has 0 atom stereocenters. The van der Waals surface area contributed by atoms with Gasteiger partial charge in [0.05, 0.1) is 0 Å². The molecule has 0 aliphatic carbocycles. The number of nitro groups is 1. The second-order valence-corrected chi connectivity index (χ2v) is 3.15. The van der Waals surface area contributed by atoms with Gasteiger partial charge in [0.1, 0.15) is 17.3 Å². The van der Waals surface area contributed by atoms with Crippen molar-refractivity contribution in [3.63, 3.8) is 0 Å². The van der Waals surface area contributed by atoms with Crippen molar-refractivity contribution in [3.05, 3.63) is 37.7 Å². The molecule has 1 aromatic heterocycles. The van der Waals surface area contributed by atoms with Crippen LogP contribution in [0.4, 0.5) is 14.6 Å². The van der Waals surface area contributed by atoms with Gasteiger partial charge in [0.15, 0.2) is 0 Å². The normalized spacial score (nSPS) is 10.7. The molecule has 15 heavy (non-hydrogen) atoms. The number of aromatic amines is 1. The third-order valence-corrected chi connectivity index (χ3v) is 2.30. The van der Waals surface area contributed by atoms with Crippen LogP contribution in [0.15, 0.2) is 11.0 Å². The van der Waals surface area contributed by atoms with E-state index in [1.165, 1.54) is 0 Å². The number of aromatic nitrogens is 1. The SMILES string of the molecule is O=c1c(C(F)F)c[nH]c([N+](=O)[O-])c1CBr. The predicted molar refractivity (Wildman–Crippen MR) is 51.3 cm³/mol. The first-order chi connectivity index (χ1) is 6.99. The van der Waals surface area contributed by atoms with E-state index >= 15 is 0 Å². The molecule has 1 aromatic rings. The minimum Gasteiger partial charge on any atom is -0.358 e. The summed E-state index contributed by atoms with van der Waals surface area (Å²) in [4.78, 5) is 23.0. The van der Waals surface area contributed by atoms with E-state index in [0.29, 0.717) is 6.20 Å². The zero-order valence-electron chi connectivity index (χ0n) is 7.17. The molecule has 0 radical (unpaired) electrons. The Morgan fingerprint density at radius 1 is 1.60 bits per heavy atom. The molecule has 1 rings (SSSR count). The average molecular weight is 283 g/mol. The summed E-state index contributed by atoms with van der Waals surface area (Å²) >= 11 is 2.84. The maximum atomic E-state index is 12.3. The molecule has 8 heteroatoms. The lowest BCUT2D eigenvalue weighted by Gasteiger charge is -2.02. The molecule has 0 aliphatic heterocycles. The Balaban J connectivity index is 3.46. The third-order valence-electron chi connectivity index (χ3n) is 1.74. The molecule has 1 N–H and O–H groups in total. The molecule has 0 unspecified atom stereocenters. The number of rotatable bonds is 3. The summed E-state index contributed by atoms with van der Waals surface area (Å²) in [6.45, 7) is 0. The molecule has 82 valence electrons. The van der Waals surface area contributed by atoms with Gasteiger partial charge in [0, 0.05) is 5.33 Å². The zero-order chi connectivity index (χ0) is 11.6. The van der Waals surface area contributed by atoms with Crippen molar-refractivity contribution in [2.45, 2.75) is 11.8 Å². The number of halogens is 3. The zero-order valence-corrected chi connectivity index (χ0v) is 8.75. The van der Waals surface area contributed by atoms with Crippen LogP contribution < -0.4 is 5.43 Å². The topological polar surface area (TPSA) is 76.0 Å². The van der Waals surface area contributed by atoms with Gasteiger partial charge in [-0.2, -0.15) is 0 Å². The fourth-order valence-corrected chi connectivity index (χ4v) is 1.55. The van der Waals surface area contributed by atoms with Gasteiger partial charge in [0.25, 0.3) is 6.43 Å². The summed E-state index contributed by atoms with van der Waals surface area (Å²) in [5, 5.41) is 10.3. The van der Waals surface area contributed by atoms with Crippen molar-refractivity contribution in [2.24, 2.45) is 0 Å². The lowest BCUT2D eigenvalue weighted by Crippen LogP contribution is -2.17.